The van der Waals surface area contributed by atoms with Crippen LogP contribution in [0.15, 0.2) is 72.8 Å². The van der Waals surface area contributed by atoms with Crippen molar-refractivity contribution >= 4 is 23.2 Å². The molecule has 0 aliphatic heterocycles. The van der Waals surface area contributed by atoms with Crippen LogP contribution in [0.3, 0.4) is 0 Å². The minimum Gasteiger partial charge on any atom is -0.335 e. The Morgan fingerprint density at radius 2 is 1.68 bits per heavy atom. The molecule has 0 heterocycles. The maximum atomic E-state index is 13.0. The number of benzene rings is 3. The third-order valence-corrected chi connectivity index (χ3v) is 5.21. The van der Waals surface area contributed by atoms with Crippen LogP contribution < -0.4 is 5.32 Å². The number of amides is 2. The first kappa shape index (κ1) is 21.7. The molecule has 0 saturated heterocycles. The Bertz CT molecular complexity index is 1130. The highest BCUT2D eigenvalue weighted by Crippen LogP contribution is 2.28. The lowest BCUT2D eigenvalue weighted by molar-refractivity contribution is -0.385. The van der Waals surface area contributed by atoms with Gasteiger partial charge in [0.1, 0.15) is 5.56 Å². The molecule has 158 valence electrons. The number of anilines is 1. The van der Waals surface area contributed by atoms with Crippen molar-refractivity contribution in [3.8, 4) is 0 Å². The number of nitro groups is 1. The zero-order valence-corrected chi connectivity index (χ0v) is 17.5. The zero-order valence-electron chi connectivity index (χ0n) is 17.5. The summed E-state index contributed by atoms with van der Waals surface area (Å²) >= 11 is 0. The molecule has 3 rings (SSSR count). The van der Waals surface area contributed by atoms with Gasteiger partial charge in [-0.25, -0.2) is 0 Å². The smallest absolute Gasteiger partial charge is 0.285 e. The van der Waals surface area contributed by atoms with Crippen LogP contribution >= 0.6 is 0 Å². The minimum absolute atomic E-state index is 0.0490. The van der Waals surface area contributed by atoms with E-state index in [0.717, 1.165) is 5.56 Å². The summed E-state index contributed by atoms with van der Waals surface area (Å²) < 4.78 is 0. The van der Waals surface area contributed by atoms with E-state index in [2.05, 4.69) is 5.32 Å². The second-order valence-corrected chi connectivity index (χ2v) is 7.27. The van der Waals surface area contributed by atoms with Crippen LogP contribution in [0.25, 0.3) is 0 Å². The van der Waals surface area contributed by atoms with Gasteiger partial charge in [0.05, 0.1) is 11.0 Å². The molecule has 3 aromatic rings. The van der Waals surface area contributed by atoms with Gasteiger partial charge in [-0.15, -0.1) is 0 Å². The van der Waals surface area contributed by atoms with Crippen LogP contribution in [0.2, 0.25) is 0 Å². The maximum Gasteiger partial charge on any atom is 0.285 e. The molecule has 0 unspecified atom stereocenters. The molecular formula is C24H23N3O4. The minimum atomic E-state index is -0.527. The predicted molar refractivity (Wildman–Crippen MR) is 119 cm³/mol. The number of hydrogen-bond donors (Lipinski definition) is 1. The van der Waals surface area contributed by atoms with Crippen LogP contribution in [0.4, 0.5) is 11.4 Å². The van der Waals surface area contributed by atoms with Crippen LogP contribution in [0.5, 0.6) is 0 Å². The summed E-state index contributed by atoms with van der Waals surface area (Å²) in [7, 11) is 1.61. The third kappa shape index (κ3) is 4.78. The number of rotatable bonds is 6. The lowest BCUT2D eigenvalue weighted by Crippen LogP contribution is -2.30. The second-order valence-electron chi connectivity index (χ2n) is 7.27. The number of carbonyl (C=O) groups excluding carboxylic acids is 2. The van der Waals surface area contributed by atoms with Gasteiger partial charge in [-0.05, 0) is 49.7 Å². The van der Waals surface area contributed by atoms with Crippen molar-refractivity contribution in [2.24, 2.45) is 0 Å². The van der Waals surface area contributed by atoms with Crippen molar-refractivity contribution < 1.29 is 14.5 Å². The Morgan fingerprint density at radius 3 is 2.35 bits per heavy atom. The van der Waals surface area contributed by atoms with E-state index < -0.39 is 10.8 Å². The summed E-state index contributed by atoms with van der Waals surface area (Å²) in [5.41, 5.74) is 2.23. The first-order valence-corrected chi connectivity index (χ1v) is 9.77. The van der Waals surface area contributed by atoms with Gasteiger partial charge >= 0.3 is 0 Å². The second kappa shape index (κ2) is 9.21. The SMILES string of the molecule is Cc1cccc(C(=O)N(C)[C@H](C)c2cccc(NC(=O)c3ccccc3)c2)c1[N+](=O)[O-]. The number of nitro benzene ring substituents is 1. The number of carbonyl (C=O) groups is 2. The van der Waals surface area contributed by atoms with Gasteiger partial charge in [0.2, 0.25) is 0 Å². The Kier molecular flexibility index (Phi) is 6.45. The Morgan fingerprint density at radius 1 is 1.00 bits per heavy atom. The number of para-hydroxylation sites is 1. The van der Waals surface area contributed by atoms with E-state index in [1.165, 1.54) is 11.0 Å². The normalized spacial score (nSPS) is 11.5. The summed E-state index contributed by atoms with van der Waals surface area (Å²) in [6.07, 6.45) is 0. The lowest BCUT2D eigenvalue weighted by Gasteiger charge is -2.26. The van der Waals surface area contributed by atoms with Crippen molar-refractivity contribution in [1.29, 1.82) is 0 Å². The Labute approximate surface area is 180 Å². The molecule has 7 heteroatoms. The maximum absolute atomic E-state index is 13.0. The van der Waals surface area contributed by atoms with Gasteiger partial charge in [-0.1, -0.05) is 42.5 Å². The standard InChI is InChI=1S/C24H23N3O4/c1-16-9-7-14-21(22(16)27(30)31)24(29)26(3)17(2)19-12-8-13-20(15-19)25-23(28)18-10-5-4-6-11-18/h4-15,17H,1-3H3,(H,25,28)/t17-/m1/s1. The molecule has 0 saturated carbocycles. The quantitative estimate of drug-likeness (QED) is 0.452. The summed E-state index contributed by atoms with van der Waals surface area (Å²) in [6.45, 7) is 3.44. The highest BCUT2D eigenvalue weighted by Gasteiger charge is 2.27. The summed E-state index contributed by atoms with van der Waals surface area (Å²) in [6, 6.07) is 20.4. The molecule has 0 aromatic heterocycles. The lowest BCUT2D eigenvalue weighted by atomic mass is 10.0. The van der Waals surface area contributed by atoms with Crippen LogP contribution in [-0.2, 0) is 0 Å². The molecule has 0 bridgehead atoms. The molecule has 0 aliphatic rings. The topological polar surface area (TPSA) is 92.6 Å². The average molecular weight is 417 g/mol. The largest absolute Gasteiger partial charge is 0.335 e. The number of hydrogen-bond acceptors (Lipinski definition) is 4. The molecule has 0 fully saturated rings. The highest BCUT2D eigenvalue weighted by molar-refractivity contribution is 6.04. The first-order chi connectivity index (χ1) is 14.8. The van der Waals surface area contributed by atoms with Crippen LogP contribution in [0.1, 0.15) is 44.8 Å². The summed E-state index contributed by atoms with van der Waals surface area (Å²) in [4.78, 5) is 37.9. The van der Waals surface area contributed by atoms with Gasteiger partial charge in [-0.3, -0.25) is 19.7 Å². The number of nitrogens with one attached hydrogen (secondary N) is 1. The molecule has 0 radical (unpaired) electrons. The van der Waals surface area contributed by atoms with Crippen molar-refractivity contribution in [2.45, 2.75) is 19.9 Å². The molecule has 31 heavy (non-hydrogen) atoms. The van der Waals surface area contributed by atoms with Gasteiger partial charge in [0, 0.05) is 23.9 Å². The van der Waals surface area contributed by atoms with Crippen molar-refractivity contribution in [3.63, 3.8) is 0 Å². The van der Waals surface area contributed by atoms with E-state index in [1.54, 1.807) is 68.6 Å². The molecule has 7 nitrogen and oxygen atoms in total. The van der Waals surface area contributed by atoms with Crippen molar-refractivity contribution in [2.75, 3.05) is 12.4 Å². The molecule has 1 N–H and O–H groups in total. The predicted octanol–water partition coefficient (Wildman–Crippen LogP) is 4.99. The molecular weight excluding hydrogens is 394 g/mol. The molecule has 2 amide bonds. The van der Waals surface area contributed by atoms with E-state index in [4.69, 9.17) is 0 Å². The van der Waals surface area contributed by atoms with Crippen LogP contribution in [-0.4, -0.2) is 28.7 Å². The molecule has 0 spiro atoms. The molecule has 0 aliphatic carbocycles. The van der Waals surface area contributed by atoms with Gasteiger partial charge < -0.3 is 10.2 Å². The van der Waals surface area contributed by atoms with E-state index in [0.29, 0.717) is 16.8 Å². The van der Waals surface area contributed by atoms with Crippen molar-refractivity contribution in [1.82, 2.24) is 4.90 Å². The number of nitrogens with zero attached hydrogens (tertiary/aromatic N) is 2. The van der Waals surface area contributed by atoms with Crippen molar-refractivity contribution in [3.05, 3.63) is 105 Å². The summed E-state index contributed by atoms with van der Waals surface area (Å²) in [5, 5.41) is 14.3. The Balaban J connectivity index is 1.82. The third-order valence-electron chi connectivity index (χ3n) is 5.21. The fourth-order valence-corrected chi connectivity index (χ4v) is 3.33. The van der Waals surface area contributed by atoms with Crippen LogP contribution in [0, 0.1) is 17.0 Å². The highest BCUT2D eigenvalue weighted by atomic mass is 16.6. The van der Waals surface area contributed by atoms with E-state index in [9.17, 15) is 19.7 Å². The monoisotopic (exact) mass is 417 g/mol. The van der Waals surface area contributed by atoms with E-state index in [-0.39, 0.29) is 23.2 Å². The molecule has 3 aromatic carbocycles. The fraction of sp³-hybridized carbons (Fsp3) is 0.167. The molecule has 1 atom stereocenters. The zero-order chi connectivity index (χ0) is 22.5. The van der Waals surface area contributed by atoms with Gasteiger partial charge in [-0.2, -0.15) is 0 Å². The first-order valence-electron chi connectivity index (χ1n) is 9.77. The van der Waals surface area contributed by atoms with E-state index in [1.807, 2.05) is 19.1 Å². The fourth-order valence-electron chi connectivity index (χ4n) is 3.33. The number of aryl methyl sites for hydroxylation is 1. The van der Waals surface area contributed by atoms with Gasteiger partial charge in [0.15, 0.2) is 0 Å². The van der Waals surface area contributed by atoms with E-state index >= 15 is 0 Å². The van der Waals surface area contributed by atoms with Gasteiger partial charge in [0.25, 0.3) is 17.5 Å². The summed E-state index contributed by atoms with van der Waals surface area (Å²) in [5.74, 6) is -0.674. The average Bonchev–Trinajstić information content (AvgIpc) is 2.77. The Hall–Kier alpha value is -4.00.